The summed E-state index contributed by atoms with van der Waals surface area (Å²) in [6, 6.07) is 7.60. The second-order valence-electron chi connectivity index (χ2n) is 6.82. The van der Waals surface area contributed by atoms with Crippen LogP contribution in [0.1, 0.15) is 34.7 Å². The van der Waals surface area contributed by atoms with Gasteiger partial charge in [0.25, 0.3) is 5.91 Å². The number of piperidine rings is 1. The van der Waals surface area contributed by atoms with E-state index in [0.29, 0.717) is 18.0 Å². The fraction of sp³-hybridized carbons (Fsp3) is 0.444. The van der Waals surface area contributed by atoms with Crippen molar-refractivity contribution in [2.24, 2.45) is 11.3 Å². The predicted octanol–water partition coefficient (Wildman–Crippen LogP) is 3.64. The van der Waals surface area contributed by atoms with Crippen molar-refractivity contribution in [2.75, 3.05) is 13.1 Å². The molecule has 3 heterocycles. The highest BCUT2D eigenvalue weighted by molar-refractivity contribution is 7.17. The van der Waals surface area contributed by atoms with Gasteiger partial charge >= 0.3 is 5.97 Å². The number of rotatable bonds is 3. The average molecular weight is 345 g/mol. The minimum Gasteiger partial charge on any atom is -0.481 e. The zero-order chi connectivity index (χ0) is 16.9. The largest absolute Gasteiger partial charge is 0.481 e. The van der Waals surface area contributed by atoms with Gasteiger partial charge in [-0.15, -0.1) is 11.3 Å². The van der Waals surface area contributed by atoms with Crippen LogP contribution in [-0.2, 0) is 4.79 Å². The Kier molecular flexibility index (Phi) is 3.53. The second kappa shape index (κ2) is 5.48. The fourth-order valence-corrected chi connectivity index (χ4v) is 4.65. The Morgan fingerprint density at radius 1 is 1.25 bits per heavy atom. The molecular formula is C18H19NO4S. The van der Waals surface area contributed by atoms with Crippen molar-refractivity contribution >= 4 is 23.2 Å². The lowest BCUT2D eigenvalue weighted by atomic mass is 9.91. The standard InChI is InChI=1S/C18H19NO4S/c1-11-2-3-13(23-11)14-4-5-15(24-14)16(20)19-8-6-18(7-9-19)10-12(18)17(21)22/h2-5,12H,6-10H2,1H3,(H,21,22). The minimum atomic E-state index is -0.689. The van der Waals surface area contributed by atoms with Gasteiger partial charge in [-0.25, -0.2) is 0 Å². The van der Waals surface area contributed by atoms with Crippen molar-refractivity contribution in [3.8, 4) is 10.6 Å². The van der Waals surface area contributed by atoms with E-state index in [0.717, 1.165) is 35.7 Å². The third kappa shape index (κ3) is 2.55. The molecule has 2 fully saturated rings. The van der Waals surface area contributed by atoms with Gasteiger partial charge in [-0.05, 0) is 55.9 Å². The van der Waals surface area contributed by atoms with Crippen molar-refractivity contribution in [3.05, 3.63) is 34.9 Å². The molecule has 6 heteroatoms. The van der Waals surface area contributed by atoms with E-state index in [-0.39, 0.29) is 17.2 Å². The van der Waals surface area contributed by atoms with Gasteiger partial charge in [-0.3, -0.25) is 9.59 Å². The highest BCUT2D eigenvalue weighted by Gasteiger charge is 2.59. The summed E-state index contributed by atoms with van der Waals surface area (Å²) in [7, 11) is 0. The van der Waals surface area contributed by atoms with Crippen molar-refractivity contribution in [2.45, 2.75) is 26.2 Å². The number of carbonyl (C=O) groups excluding carboxylic acids is 1. The normalized spacial score (nSPS) is 21.9. The topological polar surface area (TPSA) is 70.8 Å². The van der Waals surface area contributed by atoms with Crippen LogP contribution in [-0.4, -0.2) is 35.0 Å². The van der Waals surface area contributed by atoms with Gasteiger partial charge in [0.15, 0.2) is 0 Å². The maximum Gasteiger partial charge on any atom is 0.307 e. The number of carbonyl (C=O) groups is 2. The van der Waals surface area contributed by atoms with Gasteiger partial charge in [0.1, 0.15) is 11.5 Å². The van der Waals surface area contributed by atoms with Crippen LogP contribution >= 0.6 is 11.3 Å². The van der Waals surface area contributed by atoms with Crippen molar-refractivity contribution in [1.29, 1.82) is 0 Å². The molecule has 1 aliphatic carbocycles. The van der Waals surface area contributed by atoms with Crippen LogP contribution in [0.4, 0.5) is 0 Å². The quantitative estimate of drug-likeness (QED) is 0.922. The summed E-state index contributed by atoms with van der Waals surface area (Å²) in [4.78, 5) is 27.3. The third-order valence-electron chi connectivity index (χ3n) is 5.33. The first-order valence-corrected chi connectivity index (χ1v) is 8.99. The van der Waals surface area contributed by atoms with Gasteiger partial charge in [0, 0.05) is 13.1 Å². The molecule has 0 aromatic carbocycles. The summed E-state index contributed by atoms with van der Waals surface area (Å²) in [6.45, 7) is 3.19. The molecule has 1 unspecified atom stereocenters. The van der Waals surface area contributed by atoms with Crippen LogP contribution in [0.2, 0.25) is 0 Å². The minimum absolute atomic E-state index is 0.0388. The van der Waals surface area contributed by atoms with E-state index < -0.39 is 5.97 Å². The van der Waals surface area contributed by atoms with Crippen molar-refractivity contribution < 1.29 is 19.1 Å². The first-order chi connectivity index (χ1) is 11.5. The van der Waals surface area contributed by atoms with Crippen LogP contribution in [0.5, 0.6) is 0 Å². The van der Waals surface area contributed by atoms with E-state index in [1.165, 1.54) is 11.3 Å². The molecule has 1 aliphatic heterocycles. The summed E-state index contributed by atoms with van der Waals surface area (Å²) >= 11 is 1.44. The number of thiophene rings is 1. The first-order valence-electron chi connectivity index (χ1n) is 8.17. The van der Waals surface area contributed by atoms with Crippen LogP contribution in [0.15, 0.2) is 28.7 Å². The Labute approximate surface area is 143 Å². The SMILES string of the molecule is Cc1ccc(-c2ccc(C(=O)N3CCC4(CC3)CC4C(=O)O)s2)o1. The van der Waals surface area contributed by atoms with Gasteiger partial charge in [-0.1, -0.05) is 0 Å². The molecule has 1 atom stereocenters. The fourth-order valence-electron chi connectivity index (χ4n) is 3.71. The van der Waals surface area contributed by atoms with E-state index in [4.69, 9.17) is 9.52 Å². The number of furan rings is 1. The number of carboxylic acid groups (broad SMARTS) is 1. The number of hydrogen-bond acceptors (Lipinski definition) is 4. The Hall–Kier alpha value is -2.08. The molecule has 126 valence electrons. The molecule has 1 N–H and O–H groups in total. The summed E-state index contributed by atoms with van der Waals surface area (Å²) in [5.41, 5.74) is -0.0467. The highest BCUT2D eigenvalue weighted by Crippen LogP contribution is 2.59. The molecule has 1 saturated carbocycles. The van der Waals surface area contributed by atoms with Crippen molar-refractivity contribution in [1.82, 2.24) is 4.90 Å². The lowest BCUT2D eigenvalue weighted by molar-refractivity contribution is -0.139. The number of likely N-dealkylation sites (tertiary alicyclic amines) is 1. The Balaban J connectivity index is 1.42. The molecule has 0 radical (unpaired) electrons. The average Bonchev–Trinajstić information content (AvgIpc) is 2.92. The van der Waals surface area contributed by atoms with Gasteiger partial charge < -0.3 is 14.4 Å². The highest BCUT2D eigenvalue weighted by atomic mass is 32.1. The van der Waals surface area contributed by atoms with Crippen LogP contribution in [0.3, 0.4) is 0 Å². The molecule has 0 bridgehead atoms. The molecule has 1 amide bonds. The van der Waals surface area contributed by atoms with E-state index in [9.17, 15) is 9.59 Å². The zero-order valence-electron chi connectivity index (χ0n) is 13.4. The Morgan fingerprint density at radius 3 is 2.58 bits per heavy atom. The molecule has 1 saturated heterocycles. The van der Waals surface area contributed by atoms with Gasteiger partial charge in [-0.2, -0.15) is 0 Å². The van der Waals surface area contributed by atoms with Gasteiger partial charge in [0.2, 0.25) is 0 Å². The number of amides is 1. The Morgan fingerprint density at radius 2 is 2.00 bits per heavy atom. The number of carboxylic acids is 1. The van der Waals surface area contributed by atoms with Crippen LogP contribution < -0.4 is 0 Å². The number of aliphatic carboxylic acids is 1. The monoisotopic (exact) mass is 345 g/mol. The molecule has 2 aromatic rings. The second-order valence-corrected chi connectivity index (χ2v) is 7.91. The van der Waals surface area contributed by atoms with E-state index in [2.05, 4.69) is 0 Å². The molecule has 2 aliphatic rings. The van der Waals surface area contributed by atoms with E-state index in [1.54, 1.807) is 0 Å². The summed E-state index contributed by atoms with van der Waals surface area (Å²) in [6.07, 6.45) is 2.36. The third-order valence-corrected chi connectivity index (χ3v) is 6.42. The molecular weight excluding hydrogens is 326 g/mol. The number of aryl methyl sites for hydroxylation is 1. The first kappa shape index (κ1) is 15.4. The number of nitrogens with zero attached hydrogens (tertiary/aromatic N) is 1. The lowest BCUT2D eigenvalue weighted by Crippen LogP contribution is -2.39. The summed E-state index contributed by atoms with van der Waals surface area (Å²) in [5, 5.41) is 9.15. The zero-order valence-corrected chi connectivity index (χ0v) is 14.3. The van der Waals surface area contributed by atoms with E-state index in [1.807, 2.05) is 36.1 Å². The number of hydrogen-bond donors (Lipinski definition) is 1. The predicted molar refractivity (Wildman–Crippen MR) is 90.1 cm³/mol. The molecule has 24 heavy (non-hydrogen) atoms. The lowest BCUT2D eigenvalue weighted by Gasteiger charge is -2.32. The molecule has 1 spiro atoms. The molecule has 2 aromatic heterocycles. The maximum atomic E-state index is 12.7. The smallest absolute Gasteiger partial charge is 0.307 e. The van der Waals surface area contributed by atoms with E-state index >= 15 is 0 Å². The summed E-state index contributed by atoms with van der Waals surface area (Å²) in [5.74, 6) is 0.787. The Bertz CT molecular complexity index is 798. The van der Waals surface area contributed by atoms with Crippen LogP contribution in [0, 0.1) is 18.3 Å². The summed E-state index contributed by atoms with van der Waals surface area (Å²) < 4.78 is 5.61. The van der Waals surface area contributed by atoms with Crippen molar-refractivity contribution in [3.63, 3.8) is 0 Å². The molecule has 5 nitrogen and oxygen atoms in total. The maximum absolute atomic E-state index is 12.7. The van der Waals surface area contributed by atoms with Crippen LogP contribution in [0.25, 0.3) is 10.6 Å². The molecule has 4 rings (SSSR count). The van der Waals surface area contributed by atoms with Gasteiger partial charge in [0.05, 0.1) is 15.7 Å².